The Labute approximate surface area is 106 Å². The largest absolute Gasteiger partial charge is 0.507 e. The average molecular weight is 250 g/mol. The van der Waals surface area contributed by atoms with Crippen LogP contribution in [-0.4, -0.2) is 28.2 Å². The summed E-state index contributed by atoms with van der Waals surface area (Å²) < 4.78 is 0. The van der Waals surface area contributed by atoms with E-state index in [-0.39, 0.29) is 29.1 Å². The maximum Gasteiger partial charge on any atom is 0.259 e. The molecule has 0 saturated heterocycles. The van der Waals surface area contributed by atoms with Crippen LogP contribution in [0.3, 0.4) is 0 Å². The summed E-state index contributed by atoms with van der Waals surface area (Å²) >= 11 is 0. The smallest absolute Gasteiger partial charge is 0.259 e. The number of hydrogen-bond acceptors (Lipinski definition) is 4. The van der Waals surface area contributed by atoms with E-state index in [0.717, 1.165) is 25.7 Å². The third-order valence-electron chi connectivity index (χ3n) is 3.38. The van der Waals surface area contributed by atoms with Crippen molar-refractivity contribution in [3.8, 4) is 11.5 Å². The fourth-order valence-corrected chi connectivity index (χ4v) is 2.34. The van der Waals surface area contributed by atoms with Crippen molar-refractivity contribution < 1.29 is 15.0 Å². The highest BCUT2D eigenvalue weighted by Crippen LogP contribution is 2.26. The Balaban J connectivity index is 2.12. The maximum absolute atomic E-state index is 12.0. The molecule has 2 atom stereocenters. The van der Waals surface area contributed by atoms with Crippen molar-refractivity contribution >= 4 is 5.91 Å². The van der Waals surface area contributed by atoms with E-state index in [1.807, 2.05) is 0 Å². The van der Waals surface area contributed by atoms with Crippen molar-refractivity contribution in [2.24, 2.45) is 5.73 Å². The Morgan fingerprint density at radius 3 is 2.44 bits per heavy atom. The molecule has 1 aromatic carbocycles. The van der Waals surface area contributed by atoms with Crippen LogP contribution in [-0.2, 0) is 0 Å². The normalized spacial score (nSPS) is 23.6. The van der Waals surface area contributed by atoms with E-state index in [1.165, 1.54) is 18.2 Å². The third kappa shape index (κ3) is 2.56. The van der Waals surface area contributed by atoms with Gasteiger partial charge in [-0.15, -0.1) is 0 Å². The first-order chi connectivity index (χ1) is 8.59. The predicted molar refractivity (Wildman–Crippen MR) is 67.5 cm³/mol. The van der Waals surface area contributed by atoms with E-state index in [4.69, 9.17) is 5.73 Å². The van der Waals surface area contributed by atoms with Gasteiger partial charge in [0.15, 0.2) is 0 Å². The molecule has 0 radical (unpaired) electrons. The van der Waals surface area contributed by atoms with Gasteiger partial charge in [-0.2, -0.15) is 0 Å². The molecule has 5 N–H and O–H groups in total. The van der Waals surface area contributed by atoms with Gasteiger partial charge in [-0.25, -0.2) is 0 Å². The summed E-state index contributed by atoms with van der Waals surface area (Å²) in [6.45, 7) is 0. The Morgan fingerprint density at radius 2 is 1.83 bits per heavy atom. The van der Waals surface area contributed by atoms with Crippen molar-refractivity contribution in [1.82, 2.24) is 5.32 Å². The monoisotopic (exact) mass is 250 g/mol. The summed E-state index contributed by atoms with van der Waals surface area (Å²) in [4.78, 5) is 12.0. The molecule has 2 rings (SSSR count). The van der Waals surface area contributed by atoms with E-state index in [2.05, 4.69) is 5.32 Å². The molecule has 1 aliphatic carbocycles. The molecule has 0 unspecified atom stereocenters. The fraction of sp³-hybridized carbons (Fsp3) is 0.462. The first-order valence-corrected chi connectivity index (χ1v) is 6.17. The second kappa shape index (κ2) is 5.27. The van der Waals surface area contributed by atoms with Gasteiger partial charge in [-0.05, 0) is 25.0 Å². The van der Waals surface area contributed by atoms with Crippen LogP contribution < -0.4 is 11.1 Å². The highest BCUT2D eigenvalue weighted by atomic mass is 16.3. The van der Waals surface area contributed by atoms with Crippen LogP contribution in [0.5, 0.6) is 11.5 Å². The Hall–Kier alpha value is -1.75. The molecule has 0 bridgehead atoms. The summed E-state index contributed by atoms with van der Waals surface area (Å²) in [5.74, 6) is -0.929. The molecule has 1 aromatic rings. The number of nitrogens with two attached hydrogens (primary N) is 1. The van der Waals surface area contributed by atoms with Gasteiger partial charge in [-0.1, -0.05) is 18.9 Å². The molecule has 18 heavy (non-hydrogen) atoms. The van der Waals surface area contributed by atoms with Gasteiger partial charge in [-0.3, -0.25) is 4.79 Å². The number of aromatic hydroxyl groups is 2. The van der Waals surface area contributed by atoms with E-state index < -0.39 is 5.91 Å². The first-order valence-electron chi connectivity index (χ1n) is 6.17. The van der Waals surface area contributed by atoms with Gasteiger partial charge in [0.05, 0.1) is 0 Å². The fourth-order valence-electron chi connectivity index (χ4n) is 2.34. The Bertz CT molecular complexity index is 428. The zero-order chi connectivity index (χ0) is 13.1. The van der Waals surface area contributed by atoms with Gasteiger partial charge in [0.2, 0.25) is 0 Å². The number of carbonyl (C=O) groups excluding carboxylic acids is 1. The van der Waals surface area contributed by atoms with E-state index in [9.17, 15) is 15.0 Å². The van der Waals surface area contributed by atoms with Crippen molar-refractivity contribution in [1.29, 1.82) is 0 Å². The number of hydrogen-bond donors (Lipinski definition) is 4. The van der Waals surface area contributed by atoms with Crippen LogP contribution in [0.1, 0.15) is 36.0 Å². The summed E-state index contributed by atoms with van der Waals surface area (Å²) in [6.07, 6.45) is 3.83. The van der Waals surface area contributed by atoms with Crippen molar-refractivity contribution in [2.45, 2.75) is 37.8 Å². The van der Waals surface area contributed by atoms with Crippen LogP contribution in [0.2, 0.25) is 0 Å². The Kier molecular flexibility index (Phi) is 3.72. The van der Waals surface area contributed by atoms with Crippen LogP contribution >= 0.6 is 0 Å². The molecule has 5 heteroatoms. The predicted octanol–water partition coefficient (Wildman–Crippen LogP) is 1.10. The molecular weight excluding hydrogens is 232 g/mol. The molecule has 1 fully saturated rings. The standard InChI is InChI=1S/C13H18N2O3/c14-8-4-1-2-5-9(8)15-13(18)12-10(16)6-3-7-11(12)17/h3,6-9,16-17H,1-2,4-5,14H2,(H,15,18)/t8-,9-/m1/s1. The summed E-state index contributed by atoms with van der Waals surface area (Å²) in [7, 11) is 0. The average Bonchev–Trinajstić information content (AvgIpc) is 2.32. The van der Waals surface area contributed by atoms with Crippen LogP contribution in [0.25, 0.3) is 0 Å². The van der Waals surface area contributed by atoms with Gasteiger partial charge < -0.3 is 21.3 Å². The van der Waals surface area contributed by atoms with Gasteiger partial charge in [0.1, 0.15) is 17.1 Å². The Morgan fingerprint density at radius 1 is 1.22 bits per heavy atom. The summed E-state index contributed by atoms with van der Waals surface area (Å²) in [6, 6.07) is 4.07. The SMILES string of the molecule is N[C@@H]1CCCC[C@H]1NC(=O)c1c(O)cccc1O. The number of rotatable bonds is 2. The van der Waals surface area contributed by atoms with Gasteiger partial charge >= 0.3 is 0 Å². The number of phenols is 2. The van der Waals surface area contributed by atoms with E-state index in [0.29, 0.717) is 0 Å². The lowest BCUT2D eigenvalue weighted by Gasteiger charge is -2.29. The summed E-state index contributed by atoms with van der Waals surface area (Å²) in [5, 5.41) is 22.0. The lowest BCUT2D eigenvalue weighted by Crippen LogP contribution is -2.49. The second-order valence-electron chi connectivity index (χ2n) is 4.70. The van der Waals surface area contributed by atoms with Crippen LogP contribution in [0, 0.1) is 0 Å². The number of nitrogens with one attached hydrogen (secondary N) is 1. The molecule has 1 amide bonds. The molecule has 0 aliphatic heterocycles. The zero-order valence-corrected chi connectivity index (χ0v) is 10.1. The minimum atomic E-state index is -0.479. The van der Waals surface area contributed by atoms with Crippen LogP contribution in [0.4, 0.5) is 0 Å². The highest BCUT2D eigenvalue weighted by molar-refractivity contribution is 5.99. The van der Waals surface area contributed by atoms with E-state index in [1.54, 1.807) is 0 Å². The minimum Gasteiger partial charge on any atom is -0.507 e. The number of carbonyl (C=O) groups is 1. The minimum absolute atomic E-state index is 0.0595. The molecule has 0 spiro atoms. The summed E-state index contributed by atoms with van der Waals surface area (Å²) in [5.41, 5.74) is 5.85. The molecule has 0 heterocycles. The highest BCUT2D eigenvalue weighted by Gasteiger charge is 2.25. The lowest BCUT2D eigenvalue weighted by atomic mass is 9.91. The molecule has 5 nitrogen and oxygen atoms in total. The number of amides is 1. The van der Waals surface area contributed by atoms with Crippen LogP contribution in [0.15, 0.2) is 18.2 Å². The molecule has 0 aromatic heterocycles. The molecular formula is C13H18N2O3. The molecule has 98 valence electrons. The van der Waals surface area contributed by atoms with Gasteiger partial charge in [0, 0.05) is 12.1 Å². The lowest BCUT2D eigenvalue weighted by molar-refractivity contribution is 0.0915. The zero-order valence-electron chi connectivity index (χ0n) is 10.1. The third-order valence-corrected chi connectivity index (χ3v) is 3.38. The number of benzene rings is 1. The van der Waals surface area contributed by atoms with E-state index >= 15 is 0 Å². The van der Waals surface area contributed by atoms with Crippen molar-refractivity contribution in [2.75, 3.05) is 0 Å². The topological polar surface area (TPSA) is 95.6 Å². The van der Waals surface area contributed by atoms with Gasteiger partial charge in [0.25, 0.3) is 5.91 Å². The molecule has 1 aliphatic rings. The first kappa shape index (κ1) is 12.7. The maximum atomic E-state index is 12.0. The van der Waals surface area contributed by atoms with Crippen molar-refractivity contribution in [3.63, 3.8) is 0 Å². The molecule has 1 saturated carbocycles. The quantitative estimate of drug-likeness (QED) is 0.632. The van der Waals surface area contributed by atoms with Crippen molar-refractivity contribution in [3.05, 3.63) is 23.8 Å². The number of phenolic OH excluding ortho intramolecular Hbond substituents is 2. The second-order valence-corrected chi connectivity index (χ2v) is 4.70.